The van der Waals surface area contributed by atoms with Crippen LogP contribution in [0, 0.1) is 6.92 Å². The van der Waals surface area contributed by atoms with Crippen LogP contribution in [0.1, 0.15) is 44.2 Å². The van der Waals surface area contributed by atoms with Crippen molar-refractivity contribution in [1.29, 1.82) is 0 Å². The van der Waals surface area contributed by atoms with Crippen molar-refractivity contribution in [3.63, 3.8) is 0 Å². The Morgan fingerprint density at radius 2 is 2.09 bits per heavy atom. The molecule has 0 saturated carbocycles. The van der Waals surface area contributed by atoms with Gasteiger partial charge in [0.25, 0.3) is 5.78 Å². The van der Waals surface area contributed by atoms with Gasteiger partial charge in [-0.3, -0.25) is 0 Å². The largest absolute Gasteiger partial charge is 0.380 e. The molecule has 1 aromatic carbocycles. The van der Waals surface area contributed by atoms with E-state index in [0.29, 0.717) is 11.7 Å². The molecule has 3 aromatic rings. The second kappa shape index (κ2) is 4.78. The smallest absolute Gasteiger partial charge is 0.252 e. The lowest BCUT2D eigenvalue weighted by Gasteiger charge is -2.38. The van der Waals surface area contributed by atoms with Gasteiger partial charge in [-0.25, -0.2) is 4.98 Å². The highest BCUT2D eigenvalue weighted by molar-refractivity contribution is 5.73. The standard InChI is InChI=1S/C18H21N5/c1-11-7-13-12(2)9-18(3,4)22-15(13)8-14(11)16-5-6-19-17-20-10-21-23(16)17/h5-8,10,12,22H,9H2,1-4H3/t12-/m1/s1. The molecule has 23 heavy (non-hydrogen) atoms. The van der Waals surface area contributed by atoms with Crippen molar-refractivity contribution in [2.24, 2.45) is 0 Å². The lowest BCUT2D eigenvalue weighted by molar-refractivity contribution is 0.454. The van der Waals surface area contributed by atoms with Gasteiger partial charge in [0.2, 0.25) is 0 Å². The van der Waals surface area contributed by atoms with Crippen LogP contribution in [-0.2, 0) is 0 Å². The third-order valence-corrected chi connectivity index (χ3v) is 4.67. The topological polar surface area (TPSA) is 55.1 Å². The van der Waals surface area contributed by atoms with Crippen LogP contribution in [-0.4, -0.2) is 25.1 Å². The summed E-state index contributed by atoms with van der Waals surface area (Å²) in [6, 6.07) is 6.55. The maximum absolute atomic E-state index is 4.31. The van der Waals surface area contributed by atoms with Gasteiger partial charge in [-0.05, 0) is 56.4 Å². The van der Waals surface area contributed by atoms with E-state index in [4.69, 9.17) is 0 Å². The molecule has 0 fully saturated rings. The molecule has 1 aliphatic rings. The van der Waals surface area contributed by atoms with Crippen molar-refractivity contribution in [2.45, 2.75) is 45.6 Å². The molecule has 2 aromatic heterocycles. The number of fused-ring (bicyclic) bond motifs is 2. The van der Waals surface area contributed by atoms with Gasteiger partial charge < -0.3 is 5.32 Å². The Morgan fingerprint density at radius 1 is 1.26 bits per heavy atom. The van der Waals surface area contributed by atoms with Crippen molar-refractivity contribution < 1.29 is 0 Å². The molecule has 1 aliphatic heterocycles. The number of benzene rings is 1. The highest BCUT2D eigenvalue weighted by Crippen LogP contribution is 2.41. The molecule has 0 aliphatic carbocycles. The van der Waals surface area contributed by atoms with Gasteiger partial charge in [0.1, 0.15) is 6.33 Å². The van der Waals surface area contributed by atoms with Crippen LogP contribution >= 0.6 is 0 Å². The van der Waals surface area contributed by atoms with E-state index in [9.17, 15) is 0 Å². The first-order chi connectivity index (χ1) is 10.9. The van der Waals surface area contributed by atoms with E-state index < -0.39 is 0 Å². The van der Waals surface area contributed by atoms with Crippen LogP contribution in [0.4, 0.5) is 5.69 Å². The molecule has 4 rings (SSSR count). The average Bonchev–Trinajstić information content (AvgIpc) is 2.95. The highest BCUT2D eigenvalue weighted by Gasteiger charge is 2.30. The van der Waals surface area contributed by atoms with Gasteiger partial charge in [-0.1, -0.05) is 13.0 Å². The van der Waals surface area contributed by atoms with E-state index in [2.05, 4.69) is 60.2 Å². The summed E-state index contributed by atoms with van der Waals surface area (Å²) in [5, 5.41) is 8.00. The predicted molar refractivity (Wildman–Crippen MR) is 91.7 cm³/mol. The van der Waals surface area contributed by atoms with E-state index >= 15 is 0 Å². The molecule has 5 heteroatoms. The average molecular weight is 307 g/mol. The first-order valence-electron chi connectivity index (χ1n) is 8.02. The fourth-order valence-electron chi connectivity index (χ4n) is 3.76. The van der Waals surface area contributed by atoms with E-state index in [-0.39, 0.29) is 5.54 Å². The van der Waals surface area contributed by atoms with Crippen LogP contribution in [0.2, 0.25) is 0 Å². The lowest BCUT2D eigenvalue weighted by Crippen LogP contribution is -2.36. The van der Waals surface area contributed by atoms with Crippen molar-refractivity contribution >= 4 is 11.5 Å². The van der Waals surface area contributed by atoms with E-state index in [1.165, 1.54) is 22.4 Å². The number of anilines is 1. The van der Waals surface area contributed by atoms with Crippen LogP contribution < -0.4 is 5.32 Å². The minimum Gasteiger partial charge on any atom is -0.380 e. The van der Waals surface area contributed by atoms with Gasteiger partial charge in [0.15, 0.2) is 0 Å². The molecule has 5 nitrogen and oxygen atoms in total. The van der Waals surface area contributed by atoms with Crippen molar-refractivity contribution in [1.82, 2.24) is 19.6 Å². The number of rotatable bonds is 1. The van der Waals surface area contributed by atoms with Crippen molar-refractivity contribution in [3.05, 3.63) is 41.9 Å². The monoisotopic (exact) mass is 307 g/mol. The molecule has 0 spiro atoms. The number of nitrogens with one attached hydrogen (secondary N) is 1. The maximum atomic E-state index is 4.31. The predicted octanol–water partition coefficient (Wildman–Crippen LogP) is 3.80. The Morgan fingerprint density at radius 3 is 2.91 bits per heavy atom. The number of aromatic nitrogens is 4. The summed E-state index contributed by atoms with van der Waals surface area (Å²) in [5.74, 6) is 1.18. The lowest BCUT2D eigenvalue weighted by atomic mass is 9.80. The third-order valence-electron chi connectivity index (χ3n) is 4.67. The zero-order valence-corrected chi connectivity index (χ0v) is 14.0. The first-order valence-corrected chi connectivity index (χ1v) is 8.02. The fourth-order valence-corrected chi connectivity index (χ4v) is 3.76. The third kappa shape index (κ3) is 2.27. The van der Waals surface area contributed by atoms with E-state index in [1.54, 1.807) is 17.0 Å². The Balaban J connectivity index is 1.93. The summed E-state index contributed by atoms with van der Waals surface area (Å²) < 4.78 is 1.80. The number of hydrogen-bond donors (Lipinski definition) is 1. The van der Waals surface area contributed by atoms with E-state index in [1.807, 2.05) is 6.07 Å². The normalized spacial score (nSPS) is 19.4. The highest BCUT2D eigenvalue weighted by atomic mass is 15.3. The molecule has 3 heterocycles. The van der Waals surface area contributed by atoms with E-state index in [0.717, 1.165) is 12.1 Å². The Bertz CT molecular complexity index is 894. The maximum Gasteiger partial charge on any atom is 0.252 e. The van der Waals surface area contributed by atoms with Gasteiger partial charge in [-0.2, -0.15) is 14.6 Å². The zero-order chi connectivity index (χ0) is 16.2. The summed E-state index contributed by atoms with van der Waals surface area (Å²) in [5.41, 5.74) is 6.17. The summed E-state index contributed by atoms with van der Waals surface area (Å²) in [4.78, 5) is 8.44. The zero-order valence-electron chi connectivity index (χ0n) is 14.0. The quantitative estimate of drug-likeness (QED) is 0.743. The Kier molecular flexibility index (Phi) is 2.95. The van der Waals surface area contributed by atoms with Gasteiger partial charge in [0.05, 0.1) is 5.69 Å². The molecule has 1 N–H and O–H groups in total. The van der Waals surface area contributed by atoms with Crippen molar-refractivity contribution in [2.75, 3.05) is 5.32 Å². The number of aryl methyl sites for hydroxylation is 1. The van der Waals surface area contributed by atoms with Gasteiger partial charge in [-0.15, -0.1) is 0 Å². The van der Waals surface area contributed by atoms with Crippen LogP contribution in [0.5, 0.6) is 0 Å². The SMILES string of the molecule is Cc1cc2c(cc1-c1ccnc3ncnn13)NC(C)(C)C[C@H]2C. The van der Waals surface area contributed by atoms with Gasteiger partial charge in [0, 0.05) is 23.0 Å². The van der Waals surface area contributed by atoms with Crippen LogP contribution in [0.3, 0.4) is 0 Å². The molecule has 0 saturated heterocycles. The molecule has 1 atom stereocenters. The molecular weight excluding hydrogens is 286 g/mol. The van der Waals surface area contributed by atoms with Crippen molar-refractivity contribution in [3.8, 4) is 11.3 Å². The minimum atomic E-state index is 0.111. The van der Waals surface area contributed by atoms with Crippen LogP contribution in [0.15, 0.2) is 30.7 Å². The summed E-state index contributed by atoms with van der Waals surface area (Å²) in [6.07, 6.45) is 4.47. The summed E-state index contributed by atoms with van der Waals surface area (Å²) in [6.45, 7) is 8.98. The molecular formula is C18H21N5. The second-order valence-corrected chi connectivity index (χ2v) is 7.17. The summed E-state index contributed by atoms with van der Waals surface area (Å²) >= 11 is 0. The number of hydrogen-bond acceptors (Lipinski definition) is 4. The summed E-state index contributed by atoms with van der Waals surface area (Å²) in [7, 11) is 0. The first kappa shape index (κ1) is 14.2. The number of nitrogens with zero attached hydrogens (tertiary/aromatic N) is 4. The molecule has 118 valence electrons. The molecule has 0 amide bonds. The van der Waals surface area contributed by atoms with Crippen LogP contribution in [0.25, 0.3) is 17.0 Å². The molecule has 0 bridgehead atoms. The minimum absolute atomic E-state index is 0.111. The van der Waals surface area contributed by atoms with Gasteiger partial charge >= 0.3 is 0 Å². The molecule has 0 radical (unpaired) electrons. The fraction of sp³-hybridized carbons (Fsp3) is 0.389. The Labute approximate surface area is 135 Å². The Hall–Kier alpha value is -2.43. The molecule has 0 unspecified atom stereocenters. The second-order valence-electron chi connectivity index (χ2n) is 7.17.